The van der Waals surface area contributed by atoms with Gasteiger partial charge in [0.15, 0.2) is 0 Å². The molecule has 1 aliphatic heterocycles. The van der Waals surface area contributed by atoms with Crippen LogP contribution in [0.5, 0.6) is 0 Å². The SMILES string of the molecule is CCC(C)C1OCCC1CCl. The summed E-state index contributed by atoms with van der Waals surface area (Å²) < 4.78 is 5.62. The largest absolute Gasteiger partial charge is 0.378 e. The van der Waals surface area contributed by atoms with Crippen molar-refractivity contribution < 1.29 is 4.74 Å². The van der Waals surface area contributed by atoms with Gasteiger partial charge in [0.25, 0.3) is 0 Å². The third kappa shape index (κ3) is 2.09. The van der Waals surface area contributed by atoms with E-state index in [1.165, 1.54) is 6.42 Å². The van der Waals surface area contributed by atoms with Gasteiger partial charge >= 0.3 is 0 Å². The quantitative estimate of drug-likeness (QED) is 0.601. The summed E-state index contributed by atoms with van der Waals surface area (Å²) in [5.74, 6) is 2.03. The lowest BCUT2D eigenvalue weighted by Gasteiger charge is -2.21. The van der Waals surface area contributed by atoms with Gasteiger partial charge in [0.1, 0.15) is 0 Å². The summed E-state index contributed by atoms with van der Waals surface area (Å²) in [6.07, 6.45) is 2.77. The molecule has 0 aromatic carbocycles. The molecule has 0 aromatic rings. The fraction of sp³-hybridized carbons (Fsp3) is 1.00. The van der Waals surface area contributed by atoms with Crippen molar-refractivity contribution in [3.05, 3.63) is 0 Å². The van der Waals surface area contributed by atoms with Crippen LogP contribution in [0.4, 0.5) is 0 Å². The van der Waals surface area contributed by atoms with Gasteiger partial charge in [0.05, 0.1) is 6.10 Å². The highest BCUT2D eigenvalue weighted by molar-refractivity contribution is 6.18. The lowest BCUT2D eigenvalue weighted by Crippen LogP contribution is -2.24. The summed E-state index contributed by atoms with van der Waals surface area (Å²) in [6, 6.07) is 0. The molecule has 3 atom stereocenters. The second-order valence-corrected chi connectivity index (χ2v) is 3.73. The Hall–Kier alpha value is 0.250. The van der Waals surface area contributed by atoms with E-state index in [-0.39, 0.29) is 0 Å². The first-order chi connectivity index (χ1) is 5.29. The van der Waals surface area contributed by atoms with Gasteiger partial charge in [0.2, 0.25) is 0 Å². The highest BCUT2D eigenvalue weighted by Crippen LogP contribution is 2.29. The number of hydrogen-bond donors (Lipinski definition) is 0. The van der Waals surface area contributed by atoms with E-state index in [9.17, 15) is 0 Å². The molecule has 1 nitrogen and oxygen atoms in total. The second kappa shape index (κ2) is 4.32. The summed E-state index contributed by atoms with van der Waals surface area (Å²) in [7, 11) is 0. The minimum Gasteiger partial charge on any atom is -0.378 e. The Morgan fingerprint density at radius 3 is 2.91 bits per heavy atom. The third-order valence-electron chi connectivity index (χ3n) is 2.67. The summed E-state index contributed by atoms with van der Waals surface area (Å²) in [4.78, 5) is 0. The van der Waals surface area contributed by atoms with Crippen LogP contribution in [0.2, 0.25) is 0 Å². The number of alkyl halides is 1. The van der Waals surface area contributed by atoms with E-state index in [4.69, 9.17) is 16.3 Å². The normalized spacial score (nSPS) is 34.1. The van der Waals surface area contributed by atoms with E-state index in [1.807, 2.05) is 0 Å². The molecule has 0 amide bonds. The van der Waals surface area contributed by atoms with E-state index in [0.29, 0.717) is 17.9 Å². The first-order valence-corrected chi connectivity index (χ1v) is 5.00. The third-order valence-corrected chi connectivity index (χ3v) is 3.06. The molecule has 0 aromatic heterocycles. The van der Waals surface area contributed by atoms with Crippen molar-refractivity contribution in [3.8, 4) is 0 Å². The Labute approximate surface area is 74.1 Å². The summed E-state index contributed by atoms with van der Waals surface area (Å²) in [5, 5.41) is 0. The van der Waals surface area contributed by atoms with Gasteiger partial charge in [0, 0.05) is 18.4 Å². The molecule has 1 aliphatic rings. The smallest absolute Gasteiger partial charge is 0.0640 e. The molecule has 3 unspecified atom stereocenters. The van der Waals surface area contributed by atoms with Gasteiger partial charge < -0.3 is 4.74 Å². The molecule has 0 aliphatic carbocycles. The molecule has 1 rings (SSSR count). The van der Waals surface area contributed by atoms with E-state index in [2.05, 4.69) is 13.8 Å². The highest BCUT2D eigenvalue weighted by Gasteiger charge is 2.30. The molecule has 66 valence electrons. The van der Waals surface area contributed by atoms with Crippen LogP contribution in [0.25, 0.3) is 0 Å². The Bertz CT molecular complexity index is 116. The van der Waals surface area contributed by atoms with Gasteiger partial charge in [-0.25, -0.2) is 0 Å². The summed E-state index contributed by atoms with van der Waals surface area (Å²) >= 11 is 5.82. The van der Waals surface area contributed by atoms with Crippen molar-refractivity contribution >= 4 is 11.6 Å². The monoisotopic (exact) mass is 176 g/mol. The molecule has 1 fully saturated rings. The fourth-order valence-electron chi connectivity index (χ4n) is 1.68. The zero-order valence-corrected chi connectivity index (χ0v) is 8.10. The average Bonchev–Trinajstić information content (AvgIpc) is 2.50. The molecule has 0 radical (unpaired) electrons. The minimum atomic E-state index is 0.428. The molecular weight excluding hydrogens is 160 g/mol. The van der Waals surface area contributed by atoms with E-state index in [0.717, 1.165) is 18.9 Å². The molecule has 0 saturated carbocycles. The number of rotatable bonds is 3. The number of halogens is 1. The molecule has 11 heavy (non-hydrogen) atoms. The highest BCUT2D eigenvalue weighted by atomic mass is 35.5. The van der Waals surface area contributed by atoms with Crippen LogP contribution in [0.3, 0.4) is 0 Å². The first kappa shape index (κ1) is 9.34. The zero-order valence-electron chi connectivity index (χ0n) is 7.35. The predicted octanol–water partition coefficient (Wildman–Crippen LogP) is 2.68. The Morgan fingerprint density at radius 2 is 2.36 bits per heavy atom. The average molecular weight is 177 g/mol. The van der Waals surface area contributed by atoms with Crippen molar-refractivity contribution in [2.75, 3.05) is 12.5 Å². The van der Waals surface area contributed by atoms with Crippen molar-refractivity contribution in [1.82, 2.24) is 0 Å². The molecule has 1 saturated heterocycles. The van der Waals surface area contributed by atoms with Gasteiger partial charge in [-0.1, -0.05) is 20.3 Å². The number of ether oxygens (including phenoxy) is 1. The van der Waals surface area contributed by atoms with Crippen LogP contribution in [0.1, 0.15) is 26.7 Å². The van der Waals surface area contributed by atoms with Crippen LogP contribution >= 0.6 is 11.6 Å². The van der Waals surface area contributed by atoms with Crippen LogP contribution in [0, 0.1) is 11.8 Å². The lowest BCUT2D eigenvalue weighted by atomic mass is 9.92. The molecule has 1 heterocycles. The van der Waals surface area contributed by atoms with Crippen molar-refractivity contribution in [2.24, 2.45) is 11.8 Å². The van der Waals surface area contributed by atoms with Crippen LogP contribution in [-0.2, 0) is 4.74 Å². The molecule has 0 N–H and O–H groups in total. The number of hydrogen-bond acceptors (Lipinski definition) is 1. The molecule has 2 heteroatoms. The first-order valence-electron chi connectivity index (χ1n) is 4.47. The fourth-order valence-corrected chi connectivity index (χ4v) is 2.01. The molecular formula is C9H17ClO. The molecule has 0 bridgehead atoms. The predicted molar refractivity (Wildman–Crippen MR) is 48.0 cm³/mol. The van der Waals surface area contributed by atoms with Crippen molar-refractivity contribution in [1.29, 1.82) is 0 Å². The van der Waals surface area contributed by atoms with Gasteiger partial charge in [-0.3, -0.25) is 0 Å². The zero-order chi connectivity index (χ0) is 8.27. The Balaban J connectivity index is 2.42. The van der Waals surface area contributed by atoms with Gasteiger partial charge in [-0.05, 0) is 12.3 Å². The maximum Gasteiger partial charge on any atom is 0.0640 e. The Morgan fingerprint density at radius 1 is 1.64 bits per heavy atom. The van der Waals surface area contributed by atoms with Crippen LogP contribution in [-0.4, -0.2) is 18.6 Å². The van der Waals surface area contributed by atoms with Gasteiger partial charge in [-0.2, -0.15) is 0 Å². The lowest BCUT2D eigenvalue weighted by molar-refractivity contribution is 0.0507. The Kier molecular flexibility index (Phi) is 3.67. The van der Waals surface area contributed by atoms with Crippen LogP contribution < -0.4 is 0 Å². The standard InChI is InChI=1S/C9H17ClO/c1-3-7(2)9-8(6-10)4-5-11-9/h7-9H,3-6H2,1-2H3. The maximum atomic E-state index is 5.82. The maximum absolute atomic E-state index is 5.82. The van der Waals surface area contributed by atoms with E-state index in [1.54, 1.807) is 0 Å². The summed E-state index contributed by atoms with van der Waals surface area (Å²) in [5.41, 5.74) is 0. The van der Waals surface area contributed by atoms with Crippen molar-refractivity contribution in [2.45, 2.75) is 32.8 Å². The van der Waals surface area contributed by atoms with Crippen LogP contribution in [0.15, 0.2) is 0 Å². The summed E-state index contributed by atoms with van der Waals surface area (Å²) in [6.45, 7) is 5.36. The van der Waals surface area contributed by atoms with Gasteiger partial charge in [-0.15, -0.1) is 11.6 Å². The second-order valence-electron chi connectivity index (χ2n) is 3.42. The molecule has 0 spiro atoms. The van der Waals surface area contributed by atoms with E-state index >= 15 is 0 Å². The topological polar surface area (TPSA) is 9.23 Å². The van der Waals surface area contributed by atoms with E-state index < -0.39 is 0 Å². The van der Waals surface area contributed by atoms with Crippen molar-refractivity contribution in [3.63, 3.8) is 0 Å². The minimum absolute atomic E-state index is 0.428.